The SMILES string of the molecule is Cc1nnc2n1-c1sc3c(c1C(c1ccccc1Cl)=NC21CC1)C[C@H](C(=O)NC1CCCS(=O)(=O)C1)C3. The van der Waals surface area contributed by atoms with Gasteiger partial charge in [-0.3, -0.25) is 14.4 Å². The molecule has 0 radical (unpaired) electrons. The summed E-state index contributed by atoms with van der Waals surface area (Å²) >= 11 is 8.39. The van der Waals surface area contributed by atoms with Gasteiger partial charge in [0.15, 0.2) is 15.7 Å². The fourth-order valence-electron chi connectivity index (χ4n) is 5.99. The zero-order valence-electron chi connectivity index (χ0n) is 20.3. The molecule has 2 aliphatic carbocycles. The number of rotatable bonds is 3. The monoisotopic (exact) mass is 555 g/mol. The predicted molar refractivity (Wildman–Crippen MR) is 143 cm³/mol. The number of carbonyl (C=O) groups excluding carboxylic acids is 1. The third-order valence-corrected chi connectivity index (χ3v) is 11.4. The van der Waals surface area contributed by atoms with Gasteiger partial charge in [0.05, 0.1) is 17.2 Å². The predicted octanol–water partition coefficient (Wildman–Crippen LogP) is 3.54. The van der Waals surface area contributed by atoms with E-state index in [9.17, 15) is 13.2 Å². The maximum absolute atomic E-state index is 13.3. The first-order valence-electron chi connectivity index (χ1n) is 12.7. The molecule has 11 heteroatoms. The first-order valence-corrected chi connectivity index (χ1v) is 15.7. The Kier molecular flexibility index (Phi) is 5.23. The van der Waals surface area contributed by atoms with Gasteiger partial charge in [-0.05, 0) is 57.1 Å². The molecule has 2 fully saturated rings. The van der Waals surface area contributed by atoms with E-state index in [2.05, 4.69) is 20.1 Å². The number of fused-ring (bicyclic) bond motifs is 6. The van der Waals surface area contributed by atoms with E-state index in [-0.39, 0.29) is 29.4 Å². The molecule has 2 atom stereocenters. The van der Waals surface area contributed by atoms with Gasteiger partial charge in [-0.25, -0.2) is 8.42 Å². The molecule has 192 valence electrons. The summed E-state index contributed by atoms with van der Waals surface area (Å²) < 4.78 is 26.3. The summed E-state index contributed by atoms with van der Waals surface area (Å²) in [4.78, 5) is 19.8. The van der Waals surface area contributed by atoms with Crippen LogP contribution >= 0.6 is 22.9 Å². The number of nitrogens with one attached hydrogen (secondary N) is 1. The zero-order chi connectivity index (χ0) is 25.5. The van der Waals surface area contributed by atoms with Crippen LogP contribution in [0.4, 0.5) is 0 Å². The topological polar surface area (TPSA) is 106 Å². The molecule has 1 saturated heterocycles. The average molecular weight is 556 g/mol. The standard InChI is InChI=1S/C26H26ClN5O3S2/c1-14-30-31-25-26(8-9-26)29-22(17-6-2-3-7-19(17)27)21-18-11-15(12-20(18)36-24(21)32(14)25)23(33)28-16-5-4-10-37(34,35)13-16/h2-3,6-7,15-16H,4-5,8-13H2,1H3,(H,28,33)/t15-,16?/m0/s1. The van der Waals surface area contributed by atoms with Crippen molar-refractivity contribution in [3.63, 3.8) is 0 Å². The molecule has 1 N–H and O–H groups in total. The maximum Gasteiger partial charge on any atom is 0.224 e. The minimum absolute atomic E-state index is 0.0315. The number of nitrogens with zero attached hydrogens (tertiary/aromatic N) is 4. The molecule has 1 saturated carbocycles. The molecular formula is C26H26ClN5O3S2. The van der Waals surface area contributed by atoms with Crippen molar-refractivity contribution in [1.82, 2.24) is 20.1 Å². The third kappa shape index (κ3) is 3.79. The smallest absolute Gasteiger partial charge is 0.224 e. The lowest BCUT2D eigenvalue weighted by molar-refractivity contribution is -0.125. The minimum Gasteiger partial charge on any atom is -0.352 e. The highest BCUT2D eigenvalue weighted by Crippen LogP contribution is 2.54. The summed E-state index contributed by atoms with van der Waals surface area (Å²) in [5.41, 5.74) is 3.50. The molecule has 1 spiro atoms. The lowest BCUT2D eigenvalue weighted by Crippen LogP contribution is -2.45. The van der Waals surface area contributed by atoms with E-state index in [4.69, 9.17) is 16.6 Å². The van der Waals surface area contributed by atoms with E-state index in [1.807, 2.05) is 31.2 Å². The van der Waals surface area contributed by atoms with Crippen molar-refractivity contribution >= 4 is 44.4 Å². The normalized spacial score (nSPS) is 24.5. The van der Waals surface area contributed by atoms with Crippen molar-refractivity contribution in [2.75, 3.05) is 11.5 Å². The molecular weight excluding hydrogens is 530 g/mol. The van der Waals surface area contributed by atoms with Crippen LogP contribution < -0.4 is 5.32 Å². The summed E-state index contributed by atoms with van der Waals surface area (Å²) in [6.45, 7) is 1.97. The Balaban J connectivity index is 1.29. The summed E-state index contributed by atoms with van der Waals surface area (Å²) in [6.07, 6.45) is 4.32. The minimum atomic E-state index is -3.09. The van der Waals surface area contributed by atoms with Gasteiger partial charge in [-0.2, -0.15) is 0 Å². The molecule has 1 unspecified atom stereocenters. The van der Waals surface area contributed by atoms with Crippen molar-refractivity contribution in [2.24, 2.45) is 10.9 Å². The van der Waals surface area contributed by atoms with Crippen LogP contribution in [-0.4, -0.2) is 52.3 Å². The number of amides is 1. The number of sulfone groups is 1. The molecule has 7 rings (SSSR count). The Morgan fingerprint density at radius 1 is 1.22 bits per heavy atom. The van der Waals surface area contributed by atoms with Gasteiger partial charge in [0, 0.05) is 33.0 Å². The molecule has 8 nitrogen and oxygen atoms in total. The van der Waals surface area contributed by atoms with Gasteiger partial charge >= 0.3 is 0 Å². The first-order chi connectivity index (χ1) is 17.7. The van der Waals surface area contributed by atoms with Gasteiger partial charge in [0.25, 0.3) is 0 Å². The molecule has 1 aromatic carbocycles. The van der Waals surface area contributed by atoms with Gasteiger partial charge in [0.1, 0.15) is 16.4 Å². The van der Waals surface area contributed by atoms with Crippen molar-refractivity contribution in [3.05, 3.63) is 62.5 Å². The highest BCUT2D eigenvalue weighted by molar-refractivity contribution is 7.91. The number of halogens is 1. The second kappa shape index (κ2) is 8.22. The third-order valence-electron chi connectivity index (χ3n) is 7.99. The lowest BCUT2D eigenvalue weighted by Gasteiger charge is -2.24. The molecule has 4 heterocycles. The Morgan fingerprint density at radius 2 is 2.03 bits per heavy atom. The Labute approximate surface area is 224 Å². The van der Waals surface area contributed by atoms with Crippen molar-refractivity contribution < 1.29 is 13.2 Å². The van der Waals surface area contributed by atoms with Crippen molar-refractivity contribution in [2.45, 2.75) is 57.0 Å². The summed E-state index contributed by atoms with van der Waals surface area (Å²) in [5, 5.41) is 13.7. The number of hydrogen-bond donors (Lipinski definition) is 1. The van der Waals surface area contributed by atoms with Crippen LogP contribution in [0.2, 0.25) is 5.02 Å². The molecule has 4 aliphatic rings. The first kappa shape index (κ1) is 23.5. The molecule has 0 bridgehead atoms. The van der Waals surface area contributed by atoms with E-state index in [1.54, 1.807) is 11.3 Å². The van der Waals surface area contributed by atoms with Crippen LogP contribution in [0, 0.1) is 12.8 Å². The van der Waals surface area contributed by atoms with E-state index in [0.29, 0.717) is 30.7 Å². The highest BCUT2D eigenvalue weighted by atomic mass is 35.5. The molecule has 2 aromatic heterocycles. The van der Waals surface area contributed by atoms with Crippen LogP contribution in [0.25, 0.3) is 5.00 Å². The van der Waals surface area contributed by atoms with E-state index >= 15 is 0 Å². The number of hydrogen-bond acceptors (Lipinski definition) is 7. The number of benzene rings is 1. The Bertz CT molecular complexity index is 1600. The number of aryl methyl sites for hydroxylation is 1. The van der Waals surface area contributed by atoms with Crippen LogP contribution in [0.15, 0.2) is 29.3 Å². The quantitative estimate of drug-likeness (QED) is 0.532. The zero-order valence-corrected chi connectivity index (χ0v) is 22.7. The Morgan fingerprint density at radius 3 is 2.78 bits per heavy atom. The van der Waals surface area contributed by atoms with E-state index in [1.165, 1.54) is 0 Å². The van der Waals surface area contributed by atoms with Crippen LogP contribution in [0.3, 0.4) is 0 Å². The maximum atomic E-state index is 13.3. The summed E-state index contributed by atoms with van der Waals surface area (Å²) in [7, 11) is -3.09. The number of aliphatic imine (C=N–C) groups is 1. The van der Waals surface area contributed by atoms with Crippen LogP contribution in [0.5, 0.6) is 0 Å². The lowest BCUT2D eigenvalue weighted by atomic mass is 9.97. The van der Waals surface area contributed by atoms with Crippen molar-refractivity contribution in [3.8, 4) is 5.00 Å². The second-order valence-corrected chi connectivity index (χ2v) is 14.3. The summed E-state index contributed by atoms with van der Waals surface area (Å²) in [5.74, 6) is 1.64. The molecule has 1 amide bonds. The molecule has 3 aromatic rings. The number of thiophene rings is 1. The van der Waals surface area contributed by atoms with Crippen molar-refractivity contribution in [1.29, 1.82) is 0 Å². The fourth-order valence-corrected chi connectivity index (χ4v) is 9.31. The second-order valence-electron chi connectivity index (χ2n) is 10.6. The summed E-state index contributed by atoms with van der Waals surface area (Å²) in [6, 6.07) is 7.47. The van der Waals surface area contributed by atoms with Crippen LogP contribution in [-0.2, 0) is 33.0 Å². The van der Waals surface area contributed by atoms with Crippen LogP contribution in [0.1, 0.15) is 58.9 Å². The largest absolute Gasteiger partial charge is 0.352 e. The van der Waals surface area contributed by atoms with E-state index < -0.39 is 15.4 Å². The fraction of sp³-hybridized carbons (Fsp3) is 0.462. The van der Waals surface area contributed by atoms with Gasteiger partial charge in [-0.15, -0.1) is 21.5 Å². The van der Waals surface area contributed by atoms with E-state index in [0.717, 1.165) is 56.8 Å². The van der Waals surface area contributed by atoms with Gasteiger partial charge < -0.3 is 5.32 Å². The number of aromatic nitrogens is 3. The molecule has 2 aliphatic heterocycles. The number of carbonyl (C=O) groups is 1. The molecule has 37 heavy (non-hydrogen) atoms. The highest BCUT2D eigenvalue weighted by Gasteiger charge is 2.52. The average Bonchev–Trinajstić information content (AvgIpc) is 3.18. The van der Waals surface area contributed by atoms with Gasteiger partial charge in [0.2, 0.25) is 5.91 Å². The van der Waals surface area contributed by atoms with Gasteiger partial charge in [-0.1, -0.05) is 29.8 Å². The Hall–Kier alpha value is -2.56.